The Kier molecular flexibility index (Phi) is 5.18. The molecular formula is C21H21FN2O4. The molecule has 3 rings (SSSR count). The van der Waals surface area contributed by atoms with Gasteiger partial charge in [0.05, 0.1) is 23.7 Å². The Balaban J connectivity index is 1.87. The SMILES string of the molecule is CC(C)(C)OC(=O)NC(CN1C(=O)c2ccccc2C1=O)c1cccc(F)c1. The standard InChI is InChI=1S/C21H21FN2O4/c1-21(2,3)28-20(27)23-17(13-7-6-8-14(22)11-13)12-24-18(25)15-9-4-5-10-16(15)19(24)26/h4-11,17H,12H2,1-3H3,(H,23,27). The number of halogens is 1. The van der Waals surface area contributed by atoms with E-state index in [0.717, 1.165) is 4.90 Å². The highest BCUT2D eigenvalue weighted by molar-refractivity contribution is 6.21. The molecule has 1 atom stereocenters. The fraction of sp³-hybridized carbons (Fsp3) is 0.286. The molecule has 146 valence electrons. The van der Waals surface area contributed by atoms with Crippen LogP contribution >= 0.6 is 0 Å². The lowest BCUT2D eigenvalue weighted by atomic mass is 10.1. The third-order valence-electron chi connectivity index (χ3n) is 4.19. The summed E-state index contributed by atoms with van der Waals surface area (Å²) in [6, 6.07) is 11.3. The van der Waals surface area contributed by atoms with E-state index in [0.29, 0.717) is 16.7 Å². The number of amides is 3. The maximum atomic E-state index is 13.7. The molecule has 28 heavy (non-hydrogen) atoms. The maximum Gasteiger partial charge on any atom is 0.408 e. The van der Waals surface area contributed by atoms with Crippen LogP contribution in [0.3, 0.4) is 0 Å². The summed E-state index contributed by atoms with van der Waals surface area (Å²) in [5, 5.41) is 2.64. The fourth-order valence-corrected chi connectivity index (χ4v) is 3.00. The van der Waals surface area contributed by atoms with Gasteiger partial charge in [0.15, 0.2) is 0 Å². The monoisotopic (exact) mass is 384 g/mol. The quantitative estimate of drug-likeness (QED) is 0.816. The van der Waals surface area contributed by atoms with Crippen molar-refractivity contribution in [2.45, 2.75) is 32.4 Å². The Morgan fingerprint density at radius 2 is 1.68 bits per heavy atom. The average Bonchev–Trinajstić information content (AvgIpc) is 2.85. The van der Waals surface area contributed by atoms with Crippen molar-refractivity contribution in [3.05, 3.63) is 71.0 Å². The van der Waals surface area contributed by atoms with E-state index in [1.165, 1.54) is 18.2 Å². The molecule has 0 spiro atoms. The predicted octanol–water partition coefficient (Wildman–Crippen LogP) is 3.69. The molecule has 7 heteroatoms. The zero-order valence-electron chi connectivity index (χ0n) is 15.9. The Morgan fingerprint density at radius 1 is 1.07 bits per heavy atom. The Morgan fingerprint density at radius 3 is 2.21 bits per heavy atom. The molecule has 0 radical (unpaired) electrons. The van der Waals surface area contributed by atoms with Crippen molar-refractivity contribution in [3.8, 4) is 0 Å². The molecule has 3 amide bonds. The molecule has 1 aliphatic heterocycles. The number of hydrogen-bond acceptors (Lipinski definition) is 4. The van der Waals surface area contributed by atoms with Crippen LogP contribution in [-0.4, -0.2) is 35.0 Å². The number of nitrogens with one attached hydrogen (secondary N) is 1. The molecule has 0 saturated carbocycles. The average molecular weight is 384 g/mol. The molecule has 6 nitrogen and oxygen atoms in total. The van der Waals surface area contributed by atoms with Crippen molar-refractivity contribution in [1.82, 2.24) is 10.2 Å². The highest BCUT2D eigenvalue weighted by Crippen LogP contribution is 2.26. The van der Waals surface area contributed by atoms with Gasteiger partial charge in [-0.2, -0.15) is 0 Å². The van der Waals surface area contributed by atoms with Crippen LogP contribution in [0.2, 0.25) is 0 Å². The van der Waals surface area contributed by atoms with Gasteiger partial charge in [0.25, 0.3) is 11.8 Å². The third kappa shape index (κ3) is 4.19. The minimum Gasteiger partial charge on any atom is -0.444 e. The number of benzene rings is 2. The van der Waals surface area contributed by atoms with Crippen molar-refractivity contribution in [2.75, 3.05) is 6.54 Å². The molecule has 1 N–H and O–H groups in total. The summed E-state index contributed by atoms with van der Waals surface area (Å²) in [4.78, 5) is 38.6. The summed E-state index contributed by atoms with van der Waals surface area (Å²) in [5.41, 5.74) is 0.305. The lowest BCUT2D eigenvalue weighted by molar-refractivity contribution is 0.0467. The second kappa shape index (κ2) is 7.42. The van der Waals surface area contributed by atoms with Gasteiger partial charge in [0, 0.05) is 0 Å². The Hall–Kier alpha value is -3.22. The molecule has 0 saturated heterocycles. The number of nitrogens with zero attached hydrogens (tertiary/aromatic N) is 1. The van der Waals surface area contributed by atoms with Crippen molar-refractivity contribution in [1.29, 1.82) is 0 Å². The van der Waals surface area contributed by atoms with Gasteiger partial charge in [0.1, 0.15) is 11.4 Å². The molecule has 0 fully saturated rings. The molecule has 1 aliphatic rings. The second-order valence-electron chi connectivity index (χ2n) is 7.52. The van der Waals surface area contributed by atoms with Gasteiger partial charge in [-0.15, -0.1) is 0 Å². The van der Waals surface area contributed by atoms with Gasteiger partial charge < -0.3 is 10.1 Å². The van der Waals surface area contributed by atoms with Crippen molar-refractivity contribution < 1.29 is 23.5 Å². The Bertz CT molecular complexity index is 901. The van der Waals surface area contributed by atoms with Crippen LogP contribution in [0.1, 0.15) is 53.1 Å². The molecule has 0 bridgehead atoms. The van der Waals surface area contributed by atoms with Gasteiger partial charge in [-0.25, -0.2) is 9.18 Å². The van der Waals surface area contributed by atoms with Crippen LogP contribution in [-0.2, 0) is 4.74 Å². The minimum absolute atomic E-state index is 0.144. The first kappa shape index (κ1) is 19.5. The number of alkyl carbamates (subject to hydrolysis) is 1. The Labute approximate surface area is 162 Å². The smallest absolute Gasteiger partial charge is 0.408 e. The van der Waals surface area contributed by atoms with Gasteiger partial charge in [-0.1, -0.05) is 24.3 Å². The van der Waals surface area contributed by atoms with E-state index in [1.807, 2.05) is 0 Å². The van der Waals surface area contributed by atoms with Crippen LogP contribution in [0.25, 0.3) is 0 Å². The van der Waals surface area contributed by atoms with Crippen LogP contribution in [0.15, 0.2) is 48.5 Å². The summed E-state index contributed by atoms with van der Waals surface area (Å²) < 4.78 is 19.0. The van der Waals surface area contributed by atoms with Crippen LogP contribution in [0, 0.1) is 5.82 Å². The van der Waals surface area contributed by atoms with Gasteiger partial charge in [-0.05, 0) is 50.6 Å². The minimum atomic E-state index is -0.826. The number of imide groups is 1. The number of carbonyl (C=O) groups is 3. The van der Waals surface area contributed by atoms with E-state index in [9.17, 15) is 18.8 Å². The second-order valence-corrected chi connectivity index (χ2v) is 7.52. The largest absolute Gasteiger partial charge is 0.444 e. The first-order valence-electron chi connectivity index (χ1n) is 8.86. The summed E-state index contributed by atoms with van der Waals surface area (Å²) in [5.74, 6) is -1.39. The highest BCUT2D eigenvalue weighted by atomic mass is 19.1. The van der Waals surface area contributed by atoms with Crippen LogP contribution in [0.5, 0.6) is 0 Å². The maximum absolute atomic E-state index is 13.7. The van der Waals surface area contributed by atoms with E-state index >= 15 is 0 Å². The zero-order chi connectivity index (χ0) is 20.5. The number of hydrogen-bond donors (Lipinski definition) is 1. The molecule has 2 aromatic carbocycles. The molecular weight excluding hydrogens is 363 g/mol. The van der Waals surface area contributed by atoms with Crippen molar-refractivity contribution in [2.24, 2.45) is 0 Å². The molecule has 1 heterocycles. The topological polar surface area (TPSA) is 75.7 Å². The highest BCUT2D eigenvalue weighted by Gasteiger charge is 2.37. The number of rotatable bonds is 4. The molecule has 1 unspecified atom stereocenters. The first-order valence-corrected chi connectivity index (χ1v) is 8.86. The molecule has 2 aromatic rings. The lowest BCUT2D eigenvalue weighted by Gasteiger charge is -2.26. The van der Waals surface area contributed by atoms with Gasteiger partial charge in [-0.3, -0.25) is 14.5 Å². The van der Waals surface area contributed by atoms with Crippen LogP contribution < -0.4 is 5.32 Å². The van der Waals surface area contributed by atoms with E-state index in [2.05, 4.69) is 5.32 Å². The summed E-state index contributed by atoms with van der Waals surface area (Å²) in [6.45, 7) is 5.00. The fourth-order valence-electron chi connectivity index (χ4n) is 3.00. The van der Waals surface area contributed by atoms with Gasteiger partial charge >= 0.3 is 6.09 Å². The predicted molar refractivity (Wildman–Crippen MR) is 100 cm³/mol. The van der Waals surface area contributed by atoms with E-state index in [-0.39, 0.29) is 6.54 Å². The van der Waals surface area contributed by atoms with E-state index in [4.69, 9.17) is 4.74 Å². The first-order chi connectivity index (χ1) is 13.2. The van der Waals surface area contributed by atoms with Crippen LogP contribution in [0.4, 0.5) is 9.18 Å². The summed E-state index contributed by atoms with van der Waals surface area (Å²) in [6.07, 6.45) is -0.724. The molecule has 0 aliphatic carbocycles. The summed E-state index contributed by atoms with van der Waals surface area (Å²) >= 11 is 0. The van der Waals surface area contributed by atoms with Crippen molar-refractivity contribution >= 4 is 17.9 Å². The zero-order valence-corrected chi connectivity index (χ0v) is 15.9. The van der Waals surface area contributed by atoms with Gasteiger partial charge in [0.2, 0.25) is 0 Å². The van der Waals surface area contributed by atoms with E-state index < -0.39 is 35.4 Å². The van der Waals surface area contributed by atoms with Crippen molar-refractivity contribution in [3.63, 3.8) is 0 Å². The lowest BCUT2D eigenvalue weighted by Crippen LogP contribution is -2.42. The molecule has 0 aromatic heterocycles. The normalized spacial score (nSPS) is 14.6. The third-order valence-corrected chi connectivity index (χ3v) is 4.19. The summed E-state index contributed by atoms with van der Waals surface area (Å²) in [7, 11) is 0. The number of fused-ring (bicyclic) bond motifs is 1. The van der Waals surface area contributed by atoms with E-state index in [1.54, 1.807) is 51.1 Å². The number of carbonyl (C=O) groups excluding carboxylic acids is 3. The number of ether oxygens (including phenoxy) is 1.